The molecule has 0 fully saturated rings. The van der Waals surface area contributed by atoms with Gasteiger partial charge in [-0.2, -0.15) is 0 Å². The van der Waals surface area contributed by atoms with Crippen molar-refractivity contribution in [1.29, 1.82) is 0 Å². The van der Waals surface area contributed by atoms with Gasteiger partial charge in [-0.25, -0.2) is 0 Å². The molecular formula is C7H18As. The van der Waals surface area contributed by atoms with Gasteiger partial charge in [0, 0.05) is 0 Å². The number of rotatable bonds is 3. The summed E-state index contributed by atoms with van der Waals surface area (Å²) in [6, 6.07) is 0. The van der Waals surface area contributed by atoms with Gasteiger partial charge >= 0.3 is 55.7 Å². The van der Waals surface area contributed by atoms with Crippen LogP contribution in [0.3, 0.4) is 0 Å². The second-order valence-electron chi connectivity index (χ2n) is 2.57. The molecule has 0 heterocycles. The average molecular weight is 177 g/mol. The molecule has 0 saturated carbocycles. The Bertz CT molecular complexity index is 47.1. The van der Waals surface area contributed by atoms with Crippen molar-refractivity contribution >= 4 is 13.6 Å². The van der Waals surface area contributed by atoms with E-state index in [0.717, 1.165) is 0 Å². The second-order valence-corrected chi connectivity index (χ2v) is 13.3. The molecule has 0 amide bonds. The van der Waals surface area contributed by atoms with Gasteiger partial charge in [0.15, 0.2) is 0 Å². The van der Waals surface area contributed by atoms with E-state index in [1.807, 2.05) is 0 Å². The van der Waals surface area contributed by atoms with Crippen LogP contribution in [0, 0.1) is 0 Å². The Morgan fingerprint density at radius 1 is 0.875 bits per heavy atom. The normalized spacial score (nSPS) is 12.0. The second kappa shape index (κ2) is 3.56. The molecule has 0 aliphatic carbocycles. The molecule has 0 spiro atoms. The molecule has 0 aromatic rings. The molecule has 0 N–H and O–H groups in total. The predicted molar refractivity (Wildman–Crippen MR) is 43.1 cm³/mol. The maximum atomic E-state index is 2.53. The van der Waals surface area contributed by atoms with E-state index in [-0.39, 0.29) is 0 Å². The van der Waals surface area contributed by atoms with Crippen LogP contribution in [-0.4, -0.2) is 13.6 Å². The molecule has 0 rings (SSSR count). The summed E-state index contributed by atoms with van der Waals surface area (Å²) >= 11 is -0.979. The van der Waals surface area contributed by atoms with Crippen molar-refractivity contribution in [2.45, 2.75) is 42.1 Å². The maximum absolute atomic E-state index is 2.53. The van der Waals surface area contributed by atoms with Crippen molar-refractivity contribution in [3.63, 3.8) is 0 Å². The van der Waals surface area contributed by atoms with Crippen LogP contribution in [-0.2, 0) is 0 Å². The van der Waals surface area contributed by atoms with Gasteiger partial charge in [-0.15, -0.1) is 0 Å². The summed E-state index contributed by atoms with van der Waals surface area (Å²) < 4.78 is 0. The van der Waals surface area contributed by atoms with Crippen molar-refractivity contribution < 1.29 is 0 Å². The molecule has 0 aliphatic rings. The molecule has 0 atom stereocenters. The summed E-state index contributed by atoms with van der Waals surface area (Å²) in [4.78, 5) is 0. The van der Waals surface area contributed by atoms with Crippen LogP contribution in [0.5, 0.6) is 0 Å². The van der Waals surface area contributed by atoms with Gasteiger partial charge in [-0.3, -0.25) is 0 Å². The van der Waals surface area contributed by atoms with Crippen molar-refractivity contribution in [3.8, 4) is 0 Å². The molecule has 0 aromatic carbocycles. The molecule has 8 heavy (non-hydrogen) atoms. The fourth-order valence-corrected chi connectivity index (χ4v) is 3.49. The quantitative estimate of drug-likeness (QED) is 0.581. The Morgan fingerprint density at radius 3 is 1.12 bits per heavy atom. The Morgan fingerprint density at radius 2 is 1.12 bits per heavy atom. The number of hydrogen-bond donors (Lipinski definition) is 0. The molecule has 0 unspecified atom stereocenters. The van der Waals surface area contributed by atoms with Gasteiger partial charge < -0.3 is 0 Å². The molecule has 51 valence electrons. The van der Waals surface area contributed by atoms with E-state index in [1.165, 1.54) is 15.6 Å². The van der Waals surface area contributed by atoms with Crippen LogP contribution in [0.25, 0.3) is 0 Å². The summed E-state index contributed by atoms with van der Waals surface area (Å²) in [5.74, 6) is 0. The van der Waals surface area contributed by atoms with Gasteiger partial charge in [0.1, 0.15) is 0 Å². The number of hydrogen-bond acceptors (Lipinski definition) is 0. The average Bonchev–Trinajstić information content (AvgIpc) is 1.87. The first kappa shape index (κ1) is 8.56. The molecule has 1 heteroatoms. The standard InChI is InChI=1S/C7H18As/c1-5-8(4,6-2)7-3/h5-7H2,1-4H3. The minimum absolute atomic E-state index is 0.979. The SMILES string of the molecule is CC[As](C)(CC)CC. The van der Waals surface area contributed by atoms with Crippen LogP contribution >= 0.6 is 0 Å². The van der Waals surface area contributed by atoms with Crippen molar-refractivity contribution in [2.75, 3.05) is 0 Å². The van der Waals surface area contributed by atoms with Crippen LogP contribution in [0.15, 0.2) is 0 Å². The van der Waals surface area contributed by atoms with E-state index in [2.05, 4.69) is 26.5 Å². The predicted octanol–water partition coefficient (Wildman–Crippen LogP) is 3.12. The summed E-state index contributed by atoms with van der Waals surface area (Å²) in [5.41, 5.74) is 2.53. The summed E-state index contributed by atoms with van der Waals surface area (Å²) in [7, 11) is 0. The third-order valence-electron chi connectivity index (χ3n) is 2.29. The molecule has 0 saturated heterocycles. The van der Waals surface area contributed by atoms with Gasteiger partial charge in [-0.05, 0) is 0 Å². The van der Waals surface area contributed by atoms with Crippen molar-refractivity contribution in [3.05, 3.63) is 0 Å². The van der Waals surface area contributed by atoms with Crippen molar-refractivity contribution in [2.24, 2.45) is 0 Å². The van der Waals surface area contributed by atoms with Gasteiger partial charge in [0.2, 0.25) is 0 Å². The first-order valence-electron chi connectivity index (χ1n) is 3.52. The Kier molecular flexibility index (Phi) is 3.81. The molecule has 0 nitrogen and oxygen atoms in total. The van der Waals surface area contributed by atoms with E-state index in [1.54, 1.807) is 0 Å². The van der Waals surface area contributed by atoms with Gasteiger partial charge in [0.05, 0.1) is 0 Å². The topological polar surface area (TPSA) is 0 Å². The summed E-state index contributed by atoms with van der Waals surface area (Å²) in [6.45, 7) is 7.04. The molecular weight excluding hydrogens is 159 g/mol. The van der Waals surface area contributed by atoms with Gasteiger partial charge in [0.25, 0.3) is 0 Å². The summed E-state index contributed by atoms with van der Waals surface area (Å²) in [6.07, 6.45) is 0. The van der Waals surface area contributed by atoms with E-state index in [9.17, 15) is 0 Å². The zero-order valence-corrected chi connectivity index (χ0v) is 8.45. The molecule has 1 radical (unpaired) electrons. The molecule has 0 aliphatic heterocycles. The Labute approximate surface area is 56.1 Å². The van der Waals surface area contributed by atoms with Crippen LogP contribution < -0.4 is 0 Å². The van der Waals surface area contributed by atoms with Crippen molar-refractivity contribution in [1.82, 2.24) is 0 Å². The van der Waals surface area contributed by atoms with E-state index in [0.29, 0.717) is 0 Å². The van der Waals surface area contributed by atoms with Crippen LogP contribution in [0.1, 0.15) is 20.8 Å². The molecule has 0 aromatic heterocycles. The Balaban J connectivity index is 3.58. The third-order valence-corrected chi connectivity index (χ3v) is 11.9. The van der Waals surface area contributed by atoms with E-state index < -0.39 is 13.6 Å². The fourth-order valence-electron chi connectivity index (χ4n) is 0.671. The monoisotopic (exact) mass is 177 g/mol. The Hall–Kier alpha value is 0.558. The zero-order valence-electron chi connectivity index (χ0n) is 6.57. The zero-order chi connectivity index (χ0) is 6.62. The minimum atomic E-state index is -0.979. The third kappa shape index (κ3) is 2.22. The first-order chi connectivity index (χ1) is 3.68. The fraction of sp³-hybridized carbons (Fsp3) is 1.00. The van der Waals surface area contributed by atoms with Crippen LogP contribution in [0.4, 0.5) is 0 Å². The van der Waals surface area contributed by atoms with E-state index in [4.69, 9.17) is 0 Å². The van der Waals surface area contributed by atoms with Gasteiger partial charge in [-0.1, -0.05) is 0 Å². The van der Waals surface area contributed by atoms with E-state index >= 15 is 0 Å². The van der Waals surface area contributed by atoms with Crippen LogP contribution in [0.2, 0.25) is 21.3 Å². The first-order valence-corrected chi connectivity index (χ1v) is 9.37. The molecule has 0 bridgehead atoms. The summed E-state index contributed by atoms with van der Waals surface area (Å²) in [5, 5.41) is 4.47.